The van der Waals surface area contributed by atoms with Gasteiger partial charge in [-0.1, -0.05) is 6.92 Å². The van der Waals surface area contributed by atoms with Crippen LogP contribution in [0.5, 0.6) is 0 Å². The fourth-order valence-electron chi connectivity index (χ4n) is 0.823. The molecule has 0 amide bonds. The smallest absolute Gasteiger partial charge is 0 e. The minimum atomic E-state index is 0. The molecule has 0 saturated carbocycles. The molecule has 0 spiro atoms. The van der Waals surface area contributed by atoms with Crippen molar-refractivity contribution >= 4 is 0 Å². The van der Waals surface area contributed by atoms with Crippen LogP contribution in [0.2, 0.25) is 0 Å². The second-order valence-corrected chi connectivity index (χ2v) is 2.55. The van der Waals surface area contributed by atoms with E-state index in [0.29, 0.717) is 0 Å². The normalized spacial score (nSPS) is 11.5. The van der Waals surface area contributed by atoms with Crippen LogP contribution in [-0.2, 0) is 25.8 Å². The van der Waals surface area contributed by atoms with Gasteiger partial charge >= 0.3 is 0 Å². The van der Waals surface area contributed by atoms with Crippen molar-refractivity contribution in [2.75, 3.05) is 0 Å². The topological polar surface area (TPSA) is 0 Å². The molecule has 1 aliphatic rings. The molecule has 0 fully saturated rings. The summed E-state index contributed by atoms with van der Waals surface area (Å²) in [7, 11) is 0. The maximum atomic E-state index is 3.03. The Morgan fingerprint density at radius 3 is 2.38 bits per heavy atom. The molecule has 0 atom stereocenters. The van der Waals surface area contributed by atoms with Crippen LogP contribution in [0.3, 0.4) is 0 Å². The first-order valence-corrected chi connectivity index (χ1v) is 4.04. The first kappa shape index (κ1) is 12.6. The summed E-state index contributed by atoms with van der Waals surface area (Å²) < 4.78 is 0. The minimum absolute atomic E-state index is 0. The zero-order valence-corrected chi connectivity index (χ0v) is 9.63. The molecule has 2 rings (SSSR count). The summed E-state index contributed by atoms with van der Waals surface area (Å²) in [4.78, 5) is 0. The summed E-state index contributed by atoms with van der Waals surface area (Å²) >= 11 is 0. The summed E-state index contributed by atoms with van der Waals surface area (Å²) in [6.45, 7) is 2.03. The van der Waals surface area contributed by atoms with E-state index in [1.165, 1.54) is 5.56 Å². The fraction of sp³-hybridized carbons (Fsp3) is 0.167. The molecular weight excluding hydrogens is 189 g/mol. The number of allylic oxidation sites excluding steroid dienone is 4. The molecule has 0 nitrogen and oxygen atoms in total. The van der Waals surface area contributed by atoms with E-state index in [9.17, 15) is 0 Å². The summed E-state index contributed by atoms with van der Waals surface area (Å²) in [6, 6.07) is 10.9. The molecule has 0 aliphatic heterocycles. The maximum absolute atomic E-state index is 3.03. The van der Waals surface area contributed by atoms with Crippen LogP contribution in [0.4, 0.5) is 0 Å². The van der Waals surface area contributed by atoms with Gasteiger partial charge in [0.15, 0.2) is 0 Å². The average molecular weight is 201 g/mol. The molecule has 1 radical (unpaired) electrons. The molecule has 0 aromatic heterocycles. The SMILES string of the molecule is Cc1[c-]cccc1.[C-]1=CC=CC1.[Sc]. The summed E-state index contributed by atoms with van der Waals surface area (Å²) in [5.74, 6) is 0. The standard InChI is InChI=1S/C7H7.C5H5.Sc/c1-7-5-3-2-4-6-7;1-2-4-5-3-1;/h2-5H,1H3;1-3H,4H2;/q2*-1;. The molecular formula is C12H12Sc-2. The predicted molar refractivity (Wildman–Crippen MR) is 51.6 cm³/mol. The molecule has 1 aromatic rings. The van der Waals surface area contributed by atoms with Crippen molar-refractivity contribution in [3.8, 4) is 0 Å². The van der Waals surface area contributed by atoms with Crippen molar-refractivity contribution in [1.82, 2.24) is 0 Å². The van der Waals surface area contributed by atoms with E-state index < -0.39 is 0 Å². The van der Waals surface area contributed by atoms with Crippen molar-refractivity contribution in [1.29, 1.82) is 0 Å². The van der Waals surface area contributed by atoms with Gasteiger partial charge in [0.1, 0.15) is 0 Å². The molecule has 0 N–H and O–H groups in total. The van der Waals surface area contributed by atoms with Crippen LogP contribution in [-0.4, -0.2) is 0 Å². The number of hydrogen-bond acceptors (Lipinski definition) is 0. The number of rotatable bonds is 0. The molecule has 13 heavy (non-hydrogen) atoms. The van der Waals surface area contributed by atoms with Crippen LogP contribution in [0.25, 0.3) is 0 Å². The first-order valence-electron chi connectivity index (χ1n) is 4.04. The second kappa shape index (κ2) is 8.18. The van der Waals surface area contributed by atoms with Gasteiger partial charge in [-0.3, -0.25) is 6.08 Å². The Hall–Kier alpha value is -0.430. The van der Waals surface area contributed by atoms with Gasteiger partial charge in [0.25, 0.3) is 0 Å². The molecule has 1 heteroatoms. The van der Waals surface area contributed by atoms with E-state index in [0.717, 1.165) is 6.42 Å². The van der Waals surface area contributed by atoms with Crippen LogP contribution in [0.15, 0.2) is 42.5 Å². The maximum Gasteiger partial charge on any atom is 0 e. The quantitative estimate of drug-likeness (QED) is 0.566. The van der Waals surface area contributed by atoms with Crippen molar-refractivity contribution < 1.29 is 25.8 Å². The van der Waals surface area contributed by atoms with Crippen molar-refractivity contribution in [3.05, 3.63) is 60.2 Å². The molecule has 1 aliphatic carbocycles. The van der Waals surface area contributed by atoms with Crippen LogP contribution >= 0.6 is 0 Å². The van der Waals surface area contributed by atoms with E-state index >= 15 is 0 Å². The Morgan fingerprint density at radius 1 is 1.31 bits per heavy atom. The Labute approximate surface area is 99.1 Å². The van der Waals surface area contributed by atoms with Crippen molar-refractivity contribution in [3.63, 3.8) is 0 Å². The Balaban J connectivity index is 0.000000215. The molecule has 0 bridgehead atoms. The van der Waals surface area contributed by atoms with Crippen LogP contribution in [0.1, 0.15) is 12.0 Å². The van der Waals surface area contributed by atoms with Crippen molar-refractivity contribution in [2.45, 2.75) is 13.3 Å². The molecule has 0 unspecified atom stereocenters. The van der Waals surface area contributed by atoms with Gasteiger partial charge in [0.05, 0.1) is 0 Å². The van der Waals surface area contributed by atoms with E-state index in [2.05, 4.69) is 18.2 Å². The van der Waals surface area contributed by atoms with Gasteiger partial charge in [-0.25, -0.2) is 12.2 Å². The summed E-state index contributed by atoms with van der Waals surface area (Å²) in [5.41, 5.74) is 1.20. The zero-order chi connectivity index (χ0) is 8.65. The fourth-order valence-corrected chi connectivity index (χ4v) is 0.823. The average Bonchev–Trinajstić information content (AvgIpc) is 2.62. The first-order chi connectivity index (χ1) is 5.89. The van der Waals surface area contributed by atoms with Gasteiger partial charge in [0.2, 0.25) is 0 Å². The molecule has 1 aromatic carbocycles. The van der Waals surface area contributed by atoms with Crippen LogP contribution < -0.4 is 0 Å². The zero-order valence-electron chi connectivity index (χ0n) is 7.83. The van der Waals surface area contributed by atoms with Gasteiger partial charge in [-0.2, -0.15) is 42.0 Å². The number of hydrogen-bond donors (Lipinski definition) is 0. The predicted octanol–water partition coefficient (Wildman–Crippen LogP) is 3.10. The van der Waals surface area contributed by atoms with E-state index in [-0.39, 0.29) is 25.8 Å². The summed E-state index contributed by atoms with van der Waals surface area (Å²) in [5, 5.41) is 0. The largest absolute Gasteiger partial charge is 0.273 e. The van der Waals surface area contributed by atoms with Gasteiger partial charge in [0, 0.05) is 25.8 Å². The van der Waals surface area contributed by atoms with E-state index in [4.69, 9.17) is 0 Å². The summed E-state index contributed by atoms with van der Waals surface area (Å²) in [6.07, 6.45) is 10.0. The van der Waals surface area contributed by atoms with E-state index in [1.54, 1.807) is 0 Å². The Kier molecular flexibility index (Phi) is 7.91. The van der Waals surface area contributed by atoms with Crippen LogP contribution in [0, 0.1) is 19.1 Å². The number of aryl methyl sites for hydroxylation is 1. The van der Waals surface area contributed by atoms with Gasteiger partial charge in [-0.05, 0) is 0 Å². The molecule has 0 saturated heterocycles. The minimum Gasteiger partial charge on any atom is -0.273 e. The Bertz CT molecular complexity index is 250. The monoisotopic (exact) mass is 201 g/mol. The van der Waals surface area contributed by atoms with E-state index in [1.807, 2.05) is 43.3 Å². The van der Waals surface area contributed by atoms with Gasteiger partial charge < -0.3 is 0 Å². The van der Waals surface area contributed by atoms with Gasteiger partial charge in [-0.15, -0.1) is 6.42 Å². The molecule has 65 valence electrons. The van der Waals surface area contributed by atoms with Crippen molar-refractivity contribution in [2.24, 2.45) is 0 Å². The third kappa shape index (κ3) is 6.71. The third-order valence-electron chi connectivity index (χ3n) is 1.45. The number of benzene rings is 1. The molecule has 0 heterocycles. The Morgan fingerprint density at radius 2 is 2.15 bits per heavy atom. The third-order valence-corrected chi connectivity index (χ3v) is 1.45. The second-order valence-electron chi connectivity index (χ2n) is 2.55.